The number of unbranched alkanes of at least 4 members (excludes halogenated alkanes) is 1. The zero-order chi connectivity index (χ0) is 11.3. The van der Waals surface area contributed by atoms with E-state index in [1.807, 2.05) is 0 Å². The summed E-state index contributed by atoms with van der Waals surface area (Å²) in [4.78, 5) is 0. The van der Waals surface area contributed by atoms with Crippen LogP contribution in [-0.4, -0.2) is 6.61 Å². The molecule has 0 saturated heterocycles. The molecule has 0 aliphatic heterocycles. The van der Waals surface area contributed by atoms with Gasteiger partial charge in [0.15, 0.2) is 0 Å². The Hall–Kier alpha value is -0.980. The second-order valence-corrected chi connectivity index (χ2v) is 4.38. The van der Waals surface area contributed by atoms with Gasteiger partial charge in [0.2, 0.25) is 0 Å². The van der Waals surface area contributed by atoms with Crippen LogP contribution in [0.1, 0.15) is 50.7 Å². The van der Waals surface area contributed by atoms with Crippen LogP contribution in [0.3, 0.4) is 0 Å². The van der Waals surface area contributed by atoms with Gasteiger partial charge in [-0.25, -0.2) is 0 Å². The molecular weight excluding hydrogens is 184 g/mol. The summed E-state index contributed by atoms with van der Waals surface area (Å²) in [6.45, 7) is 9.53. The van der Waals surface area contributed by atoms with Crippen LogP contribution in [0.4, 0.5) is 0 Å². The predicted molar refractivity (Wildman–Crippen MR) is 65.7 cm³/mol. The maximum Gasteiger partial charge on any atom is 0.122 e. The van der Waals surface area contributed by atoms with E-state index >= 15 is 0 Å². The first kappa shape index (κ1) is 12.1. The van der Waals surface area contributed by atoms with Crippen LogP contribution in [0.15, 0.2) is 18.2 Å². The van der Waals surface area contributed by atoms with Crippen LogP contribution in [0, 0.1) is 6.92 Å². The lowest BCUT2D eigenvalue weighted by Crippen LogP contribution is -1.99. The van der Waals surface area contributed by atoms with Gasteiger partial charge in [-0.15, -0.1) is 0 Å². The number of hydrogen-bond acceptors (Lipinski definition) is 1. The highest BCUT2D eigenvalue weighted by Gasteiger charge is 2.04. The molecule has 1 aromatic carbocycles. The molecule has 15 heavy (non-hydrogen) atoms. The van der Waals surface area contributed by atoms with Gasteiger partial charge in [0, 0.05) is 0 Å². The predicted octanol–water partition coefficient (Wildman–Crippen LogP) is 4.30. The molecule has 0 saturated carbocycles. The Kier molecular flexibility index (Phi) is 4.67. The minimum atomic E-state index is 0.569. The van der Waals surface area contributed by atoms with Gasteiger partial charge in [-0.05, 0) is 36.5 Å². The molecule has 0 aliphatic carbocycles. The SMILES string of the molecule is CCCCOc1cc(C(C)C)ccc1C. The minimum Gasteiger partial charge on any atom is -0.493 e. The van der Waals surface area contributed by atoms with Crippen LogP contribution in [0.5, 0.6) is 5.75 Å². The number of benzene rings is 1. The highest BCUT2D eigenvalue weighted by molar-refractivity contribution is 5.37. The second-order valence-electron chi connectivity index (χ2n) is 4.38. The number of hydrogen-bond donors (Lipinski definition) is 0. The average molecular weight is 206 g/mol. The van der Waals surface area contributed by atoms with E-state index in [4.69, 9.17) is 4.74 Å². The highest BCUT2D eigenvalue weighted by atomic mass is 16.5. The Bertz CT molecular complexity index is 302. The van der Waals surface area contributed by atoms with Gasteiger partial charge in [-0.1, -0.05) is 39.3 Å². The van der Waals surface area contributed by atoms with E-state index in [2.05, 4.69) is 45.9 Å². The van der Waals surface area contributed by atoms with Crippen LogP contribution < -0.4 is 4.74 Å². The molecule has 1 heteroatoms. The lowest BCUT2D eigenvalue weighted by Gasteiger charge is -2.12. The molecule has 0 N–H and O–H groups in total. The van der Waals surface area contributed by atoms with Crippen LogP contribution in [0.25, 0.3) is 0 Å². The summed E-state index contributed by atoms with van der Waals surface area (Å²) < 4.78 is 5.77. The summed E-state index contributed by atoms with van der Waals surface area (Å²) in [5.74, 6) is 1.62. The summed E-state index contributed by atoms with van der Waals surface area (Å²) in [6.07, 6.45) is 2.31. The Morgan fingerprint density at radius 2 is 2.00 bits per heavy atom. The first-order valence-electron chi connectivity index (χ1n) is 5.88. The maximum absolute atomic E-state index is 5.77. The van der Waals surface area contributed by atoms with Gasteiger partial charge in [-0.2, -0.15) is 0 Å². The summed E-state index contributed by atoms with van der Waals surface area (Å²) in [7, 11) is 0. The first-order chi connectivity index (χ1) is 7.15. The lowest BCUT2D eigenvalue weighted by atomic mass is 10.0. The average Bonchev–Trinajstić information content (AvgIpc) is 2.20. The molecule has 0 atom stereocenters. The van der Waals surface area contributed by atoms with Crippen molar-refractivity contribution in [3.8, 4) is 5.75 Å². The zero-order valence-electron chi connectivity index (χ0n) is 10.3. The molecule has 0 aromatic heterocycles. The molecule has 1 aromatic rings. The number of rotatable bonds is 5. The van der Waals surface area contributed by atoms with Gasteiger partial charge in [-0.3, -0.25) is 0 Å². The first-order valence-corrected chi connectivity index (χ1v) is 5.88. The Morgan fingerprint density at radius 3 is 2.60 bits per heavy atom. The van der Waals surface area contributed by atoms with Crippen molar-refractivity contribution < 1.29 is 4.74 Å². The van der Waals surface area contributed by atoms with Crippen molar-refractivity contribution >= 4 is 0 Å². The fourth-order valence-corrected chi connectivity index (χ4v) is 1.46. The third-order valence-electron chi connectivity index (χ3n) is 2.63. The fraction of sp³-hybridized carbons (Fsp3) is 0.571. The summed E-state index contributed by atoms with van der Waals surface area (Å²) in [5, 5.41) is 0. The third-order valence-corrected chi connectivity index (χ3v) is 2.63. The summed E-state index contributed by atoms with van der Waals surface area (Å²) in [5.41, 5.74) is 2.59. The molecule has 0 unspecified atom stereocenters. The largest absolute Gasteiger partial charge is 0.493 e. The van der Waals surface area contributed by atoms with E-state index in [-0.39, 0.29) is 0 Å². The van der Waals surface area contributed by atoms with Crippen molar-refractivity contribution in [1.82, 2.24) is 0 Å². The van der Waals surface area contributed by atoms with E-state index in [0.717, 1.165) is 18.8 Å². The summed E-state index contributed by atoms with van der Waals surface area (Å²) >= 11 is 0. The molecule has 1 rings (SSSR count). The summed E-state index contributed by atoms with van der Waals surface area (Å²) in [6, 6.07) is 6.51. The fourth-order valence-electron chi connectivity index (χ4n) is 1.46. The smallest absolute Gasteiger partial charge is 0.122 e. The van der Waals surface area contributed by atoms with Crippen LogP contribution in [0.2, 0.25) is 0 Å². The van der Waals surface area contributed by atoms with Crippen molar-refractivity contribution in [2.45, 2.75) is 46.5 Å². The van der Waals surface area contributed by atoms with Crippen molar-refractivity contribution in [2.24, 2.45) is 0 Å². The molecule has 0 spiro atoms. The van der Waals surface area contributed by atoms with E-state index in [0.29, 0.717) is 5.92 Å². The normalized spacial score (nSPS) is 10.7. The number of aryl methyl sites for hydroxylation is 1. The van der Waals surface area contributed by atoms with Gasteiger partial charge < -0.3 is 4.74 Å². The molecule has 0 bridgehead atoms. The van der Waals surface area contributed by atoms with Crippen molar-refractivity contribution in [1.29, 1.82) is 0 Å². The zero-order valence-corrected chi connectivity index (χ0v) is 10.3. The third kappa shape index (κ3) is 3.58. The Labute approximate surface area is 93.5 Å². The van der Waals surface area contributed by atoms with Gasteiger partial charge in [0.05, 0.1) is 6.61 Å². The van der Waals surface area contributed by atoms with Crippen LogP contribution in [-0.2, 0) is 0 Å². The van der Waals surface area contributed by atoms with Crippen LogP contribution >= 0.6 is 0 Å². The van der Waals surface area contributed by atoms with E-state index in [9.17, 15) is 0 Å². The highest BCUT2D eigenvalue weighted by Crippen LogP contribution is 2.24. The van der Waals surface area contributed by atoms with E-state index in [1.165, 1.54) is 17.5 Å². The number of ether oxygens (including phenoxy) is 1. The second kappa shape index (κ2) is 5.79. The maximum atomic E-state index is 5.77. The monoisotopic (exact) mass is 206 g/mol. The molecule has 0 aliphatic rings. The molecule has 84 valence electrons. The quantitative estimate of drug-likeness (QED) is 0.653. The lowest BCUT2D eigenvalue weighted by molar-refractivity contribution is 0.307. The Balaban J connectivity index is 2.72. The van der Waals surface area contributed by atoms with Gasteiger partial charge >= 0.3 is 0 Å². The Morgan fingerprint density at radius 1 is 1.27 bits per heavy atom. The molecular formula is C14H22O. The van der Waals surface area contributed by atoms with Crippen molar-refractivity contribution in [3.63, 3.8) is 0 Å². The van der Waals surface area contributed by atoms with E-state index < -0.39 is 0 Å². The topological polar surface area (TPSA) is 9.23 Å². The van der Waals surface area contributed by atoms with Crippen molar-refractivity contribution in [2.75, 3.05) is 6.61 Å². The molecule has 0 fully saturated rings. The van der Waals surface area contributed by atoms with E-state index in [1.54, 1.807) is 0 Å². The standard InChI is InChI=1S/C14H22O/c1-5-6-9-15-14-10-13(11(2)3)8-7-12(14)4/h7-8,10-11H,5-6,9H2,1-4H3. The molecule has 0 radical (unpaired) electrons. The van der Waals surface area contributed by atoms with Gasteiger partial charge in [0.1, 0.15) is 5.75 Å². The molecule has 0 heterocycles. The van der Waals surface area contributed by atoms with Crippen molar-refractivity contribution in [3.05, 3.63) is 29.3 Å². The molecule has 0 amide bonds. The molecule has 1 nitrogen and oxygen atoms in total. The minimum absolute atomic E-state index is 0.569. The van der Waals surface area contributed by atoms with Gasteiger partial charge in [0.25, 0.3) is 0 Å².